The minimum atomic E-state index is -0.837. The molecule has 1 amide bonds. The number of hydrogen-bond donors (Lipinski definition) is 3. The van der Waals surface area contributed by atoms with Crippen molar-refractivity contribution < 1.29 is 24.5 Å². The van der Waals surface area contributed by atoms with Crippen LogP contribution in [0.5, 0.6) is 0 Å². The van der Waals surface area contributed by atoms with E-state index in [0.717, 1.165) is 38.5 Å². The Hall–Kier alpha value is -1.40. The normalized spacial score (nSPS) is 12.5. The third kappa shape index (κ3) is 59.8. The topological polar surface area (TPSA) is 95.9 Å². The van der Waals surface area contributed by atoms with E-state index in [-0.39, 0.29) is 18.5 Å². The van der Waals surface area contributed by atoms with E-state index in [2.05, 4.69) is 19.2 Å². The van der Waals surface area contributed by atoms with Gasteiger partial charge in [0.05, 0.1) is 25.4 Å². The fourth-order valence-electron chi connectivity index (χ4n) is 10.9. The van der Waals surface area contributed by atoms with Crippen LogP contribution in [0.3, 0.4) is 0 Å². The van der Waals surface area contributed by atoms with Crippen molar-refractivity contribution in [2.24, 2.45) is 0 Å². The summed E-state index contributed by atoms with van der Waals surface area (Å²) in [4.78, 5) is 24.4. The maximum atomic E-state index is 12.4. The first kappa shape index (κ1) is 72.6. The van der Waals surface area contributed by atoms with Crippen LogP contribution in [0.2, 0.25) is 0 Å². The van der Waals surface area contributed by atoms with Gasteiger partial charge in [-0.15, -0.1) is 0 Å². The molecule has 0 saturated heterocycles. The summed E-state index contributed by atoms with van der Waals surface area (Å²) in [6, 6.07) is -0.620. The molecule has 0 bridgehead atoms. The summed E-state index contributed by atoms with van der Waals surface area (Å²) in [5.74, 6) is -0.0392. The van der Waals surface area contributed by atoms with Crippen LogP contribution < -0.4 is 5.32 Å². The highest BCUT2D eigenvalue weighted by Crippen LogP contribution is 2.19. The highest BCUT2D eigenvalue weighted by Gasteiger charge is 2.18. The fraction of sp³-hybridized carbons (Fsp3) is 0.941. The zero-order chi connectivity index (χ0) is 53.6. The summed E-state index contributed by atoms with van der Waals surface area (Å²) < 4.78 is 5.49. The number of nitrogens with one attached hydrogen (secondary N) is 1. The van der Waals surface area contributed by atoms with Crippen LogP contribution in [0.25, 0.3) is 0 Å². The molecule has 0 aliphatic heterocycles. The summed E-state index contributed by atoms with van der Waals surface area (Å²) >= 11 is 0. The second-order valence-electron chi connectivity index (χ2n) is 23.5. The van der Waals surface area contributed by atoms with E-state index >= 15 is 0 Å². The Labute approximate surface area is 463 Å². The van der Waals surface area contributed by atoms with Crippen LogP contribution in [-0.4, -0.2) is 47.4 Å². The van der Waals surface area contributed by atoms with E-state index < -0.39 is 12.1 Å². The van der Waals surface area contributed by atoms with Crippen LogP contribution >= 0.6 is 0 Å². The first-order valence-electron chi connectivity index (χ1n) is 34.0. The van der Waals surface area contributed by atoms with Crippen molar-refractivity contribution >= 4 is 11.9 Å². The molecule has 0 aliphatic rings. The van der Waals surface area contributed by atoms with Gasteiger partial charge in [0, 0.05) is 12.8 Å². The van der Waals surface area contributed by atoms with Gasteiger partial charge >= 0.3 is 5.97 Å². The first-order chi connectivity index (χ1) is 36.5. The average molecular weight is 1040 g/mol. The molecule has 0 aromatic rings. The molecule has 0 aromatic heterocycles. The van der Waals surface area contributed by atoms with Gasteiger partial charge < -0.3 is 20.3 Å². The molecule has 0 fully saturated rings. The molecule has 2 unspecified atom stereocenters. The third-order valence-electron chi connectivity index (χ3n) is 16.1. The van der Waals surface area contributed by atoms with E-state index in [1.807, 2.05) is 6.08 Å². The molecular weight excluding hydrogens is 911 g/mol. The smallest absolute Gasteiger partial charge is 0.305 e. The number of esters is 1. The van der Waals surface area contributed by atoms with Gasteiger partial charge in [0.15, 0.2) is 0 Å². The van der Waals surface area contributed by atoms with Crippen LogP contribution in [0, 0.1) is 0 Å². The lowest BCUT2D eigenvalue weighted by molar-refractivity contribution is -0.143. The second-order valence-corrected chi connectivity index (χ2v) is 23.5. The fourth-order valence-corrected chi connectivity index (χ4v) is 10.9. The summed E-state index contributed by atoms with van der Waals surface area (Å²) in [5, 5.41) is 23.0. The number of amides is 1. The molecule has 74 heavy (non-hydrogen) atoms. The molecule has 440 valence electrons. The molecule has 2 atom stereocenters. The second kappa shape index (κ2) is 64.1. The largest absolute Gasteiger partial charge is 0.466 e. The van der Waals surface area contributed by atoms with Crippen molar-refractivity contribution in [2.75, 3.05) is 13.2 Å². The lowest BCUT2D eigenvalue weighted by Gasteiger charge is -2.20. The lowest BCUT2D eigenvalue weighted by atomic mass is 10.0. The van der Waals surface area contributed by atoms with Crippen LogP contribution in [-0.2, 0) is 14.3 Å². The SMILES string of the molecule is CCCCCCCCC/C=C/C(O)C(CO)NC(=O)CCCCCCCCCCCCCCCCCCCCCCCCCCCCCCCCCCCCCOC(=O)CCCCCCCCCCCCCCC. The summed E-state index contributed by atoms with van der Waals surface area (Å²) in [7, 11) is 0. The molecule has 0 heterocycles. The van der Waals surface area contributed by atoms with Crippen LogP contribution in [0.1, 0.15) is 386 Å². The van der Waals surface area contributed by atoms with Gasteiger partial charge in [0.2, 0.25) is 5.91 Å². The highest BCUT2D eigenvalue weighted by atomic mass is 16.5. The van der Waals surface area contributed by atoms with E-state index in [4.69, 9.17) is 4.74 Å². The molecule has 0 spiro atoms. The number of allylic oxidation sites excluding steroid dienone is 1. The molecule has 0 aromatic carbocycles. The molecule has 6 heteroatoms. The predicted molar refractivity (Wildman–Crippen MR) is 324 cm³/mol. The van der Waals surface area contributed by atoms with Crippen LogP contribution in [0.15, 0.2) is 12.2 Å². The Balaban J connectivity index is 3.27. The molecule has 0 aliphatic carbocycles. The van der Waals surface area contributed by atoms with Crippen molar-refractivity contribution in [1.29, 1.82) is 0 Å². The number of carbonyl (C=O) groups excluding carboxylic acids is 2. The van der Waals surface area contributed by atoms with Crippen LogP contribution in [0.4, 0.5) is 0 Å². The number of ether oxygens (including phenoxy) is 1. The van der Waals surface area contributed by atoms with E-state index in [9.17, 15) is 19.8 Å². The zero-order valence-corrected chi connectivity index (χ0v) is 50.4. The van der Waals surface area contributed by atoms with E-state index in [1.54, 1.807) is 6.08 Å². The molecule has 0 saturated carbocycles. The molecule has 6 nitrogen and oxygen atoms in total. The molecule has 0 radical (unpaired) electrons. The highest BCUT2D eigenvalue weighted by molar-refractivity contribution is 5.76. The quantitative estimate of drug-likeness (QED) is 0.0320. The molecule has 0 rings (SSSR count). The maximum absolute atomic E-state index is 12.4. The Morgan fingerprint density at radius 2 is 0.622 bits per heavy atom. The van der Waals surface area contributed by atoms with Gasteiger partial charge in [-0.05, 0) is 32.1 Å². The van der Waals surface area contributed by atoms with Crippen molar-refractivity contribution in [3.8, 4) is 0 Å². The minimum absolute atomic E-state index is 0.0245. The molecule has 3 N–H and O–H groups in total. The van der Waals surface area contributed by atoms with Gasteiger partial charge in [0.1, 0.15) is 0 Å². The van der Waals surface area contributed by atoms with Crippen molar-refractivity contribution in [2.45, 2.75) is 398 Å². The van der Waals surface area contributed by atoms with Gasteiger partial charge in [0.25, 0.3) is 0 Å². The van der Waals surface area contributed by atoms with Gasteiger partial charge in [-0.3, -0.25) is 9.59 Å². The standard InChI is InChI=1S/C68H133NO5/c1-3-5-7-9-11-13-14-38-42-46-50-54-58-62-68(73)74-63-59-55-51-47-43-40-37-35-33-31-29-27-25-23-21-19-17-15-16-18-20-22-24-26-28-30-32-34-36-39-41-45-49-53-57-61-67(72)69-65(64-70)66(71)60-56-52-48-44-12-10-8-6-4-2/h56,60,65-66,70-71H,3-55,57-59,61-64H2,1-2H3,(H,69,72)/b60-56+. The maximum Gasteiger partial charge on any atom is 0.305 e. The number of carbonyl (C=O) groups is 2. The van der Waals surface area contributed by atoms with E-state index in [1.165, 1.54) is 321 Å². The average Bonchev–Trinajstić information content (AvgIpc) is 3.40. The first-order valence-corrected chi connectivity index (χ1v) is 34.0. The Morgan fingerprint density at radius 1 is 0.365 bits per heavy atom. The van der Waals surface area contributed by atoms with Crippen molar-refractivity contribution in [3.05, 3.63) is 12.2 Å². The number of unbranched alkanes of at least 4 members (excludes halogenated alkanes) is 53. The Bertz CT molecular complexity index is 1110. The summed E-state index contributed by atoms with van der Waals surface area (Å²) in [6.45, 7) is 4.91. The zero-order valence-electron chi connectivity index (χ0n) is 50.4. The monoisotopic (exact) mass is 1040 g/mol. The minimum Gasteiger partial charge on any atom is -0.466 e. The van der Waals surface area contributed by atoms with Gasteiger partial charge in [-0.2, -0.15) is 0 Å². The van der Waals surface area contributed by atoms with E-state index in [0.29, 0.717) is 19.4 Å². The van der Waals surface area contributed by atoms with Gasteiger partial charge in [-0.1, -0.05) is 353 Å². The predicted octanol–water partition coefficient (Wildman–Crippen LogP) is 21.6. The van der Waals surface area contributed by atoms with Crippen molar-refractivity contribution in [1.82, 2.24) is 5.32 Å². The number of aliphatic hydroxyl groups excluding tert-OH is 2. The Morgan fingerprint density at radius 3 is 0.919 bits per heavy atom. The summed E-state index contributed by atoms with van der Waals surface area (Å²) in [6.07, 6.45) is 78.8. The third-order valence-corrected chi connectivity index (χ3v) is 16.1. The lowest BCUT2D eigenvalue weighted by Crippen LogP contribution is -2.45. The molecular formula is C68H133NO5. The number of rotatable bonds is 64. The van der Waals surface area contributed by atoms with Gasteiger partial charge in [-0.25, -0.2) is 0 Å². The van der Waals surface area contributed by atoms with Crippen molar-refractivity contribution in [3.63, 3.8) is 0 Å². The number of hydrogen-bond acceptors (Lipinski definition) is 5. The summed E-state index contributed by atoms with van der Waals surface area (Å²) in [5.41, 5.74) is 0. The Kier molecular flexibility index (Phi) is 62.9. The number of aliphatic hydroxyl groups is 2.